The second-order valence-corrected chi connectivity index (χ2v) is 4.24. The first-order chi connectivity index (χ1) is 7.59. The molecule has 0 saturated carbocycles. The molecule has 1 rings (SSSR count). The molecule has 0 fully saturated rings. The van der Waals surface area contributed by atoms with Crippen LogP contribution in [0.1, 0.15) is 11.1 Å². The fourth-order valence-electron chi connectivity index (χ4n) is 1.56. The summed E-state index contributed by atoms with van der Waals surface area (Å²) in [6, 6.07) is 5.87. The Balaban J connectivity index is 3.19. The molecule has 3 nitrogen and oxygen atoms in total. The number of benzene rings is 1. The van der Waals surface area contributed by atoms with E-state index in [9.17, 15) is 0 Å². The first-order valence-corrected chi connectivity index (χ1v) is 5.64. The van der Waals surface area contributed by atoms with Crippen molar-refractivity contribution < 1.29 is 13.9 Å². The van der Waals surface area contributed by atoms with Gasteiger partial charge in [0.2, 0.25) is 16.3 Å². The van der Waals surface area contributed by atoms with Gasteiger partial charge in [0.05, 0.1) is 6.61 Å². The normalized spacial score (nSPS) is 11.8. The summed E-state index contributed by atoms with van der Waals surface area (Å²) >= 11 is 4.43. The lowest BCUT2D eigenvalue weighted by atomic mass is 10.0. The molecule has 0 N–H and O–H groups in total. The third-order valence-electron chi connectivity index (χ3n) is 2.49. The van der Waals surface area contributed by atoms with Crippen LogP contribution in [0.15, 0.2) is 23.1 Å². The van der Waals surface area contributed by atoms with Crippen molar-refractivity contribution in [3.63, 3.8) is 0 Å². The number of thiol groups is 1. The summed E-state index contributed by atoms with van der Waals surface area (Å²) in [6.45, 7) is 2.24. The Morgan fingerprint density at radius 2 is 1.94 bits per heavy atom. The summed E-state index contributed by atoms with van der Waals surface area (Å²) in [5.74, 6) is -0.938. The van der Waals surface area contributed by atoms with E-state index >= 15 is 0 Å². The Hall–Kier alpha value is -0.333. The average molecular weight is 255 g/mol. The van der Waals surface area contributed by atoms with E-state index in [1.54, 1.807) is 14.2 Å². The van der Waals surface area contributed by atoms with Crippen LogP contribution in [0.25, 0.3) is 0 Å². The van der Waals surface area contributed by atoms with E-state index < -0.39 is 5.79 Å². The Labute approximate surface area is 105 Å². The molecule has 0 saturated heterocycles. The number of rotatable bonds is 5. The van der Waals surface area contributed by atoms with Crippen molar-refractivity contribution in [2.45, 2.75) is 17.6 Å². The quantitative estimate of drug-likeness (QED) is 0.494. The van der Waals surface area contributed by atoms with Crippen molar-refractivity contribution in [2.75, 3.05) is 20.8 Å². The summed E-state index contributed by atoms with van der Waals surface area (Å²) in [7, 11) is 6.11. The van der Waals surface area contributed by atoms with Gasteiger partial charge < -0.3 is 13.9 Å². The van der Waals surface area contributed by atoms with Crippen LogP contribution in [-0.4, -0.2) is 31.3 Å². The van der Waals surface area contributed by atoms with Crippen molar-refractivity contribution in [1.82, 2.24) is 0 Å². The molecule has 0 atom stereocenters. The summed E-state index contributed by atoms with van der Waals surface area (Å²) in [5, 5.41) is 0. The Morgan fingerprint density at radius 3 is 2.38 bits per heavy atom. The highest BCUT2D eigenvalue weighted by Crippen LogP contribution is 2.31. The van der Waals surface area contributed by atoms with Crippen LogP contribution in [0.5, 0.6) is 0 Å². The number of methoxy groups -OCH3 is 2. The topological polar surface area (TPSA) is 27.7 Å². The minimum atomic E-state index is -0.938. The van der Waals surface area contributed by atoms with Gasteiger partial charge in [0.1, 0.15) is 0 Å². The second kappa shape index (κ2) is 5.84. The van der Waals surface area contributed by atoms with Gasteiger partial charge in [-0.15, -0.1) is 12.6 Å². The summed E-state index contributed by atoms with van der Waals surface area (Å²) in [6.07, 6.45) is 0. The molecule has 0 heterocycles. The van der Waals surface area contributed by atoms with Gasteiger partial charge in [0.25, 0.3) is 0 Å². The molecular formula is C11H15O3SSi. The maximum Gasteiger partial charge on any atom is 0.246 e. The van der Waals surface area contributed by atoms with E-state index in [0.29, 0.717) is 0 Å². The van der Waals surface area contributed by atoms with Crippen LogP contribution in [0.2, 0.25) is 0 Å². The number of aryl methyl sites for hydroxylation is 1. The molecule has 5 heteroatoms. The lowest BCUT2D eigenvalue weighted by Crippen LogP contribution is -2.36. The Kier molecular flexibility index (Phi) is 5.01. The van der Waals surface area contributed by atoms with Crippen LogP contribution in [0, 0.1) is 6.92 Å². The lowest BCUT2D eigenvalue weighted by Gasteiger charge is -2.31. The van der Waals surface area contributed by atoms with Crippen LogP contribution in [0.4, 0.5) is 0 Å². The van der Waals surface area contributed by atoms with Crippen molar-refractivity contribution in [3.05, 3.63) is 29.3 Å². The molecular weight excluding hydrogens is 240 g/mol. The van der Waals surface area contributed by atoms with Gasteiger partial charge in [-0.2, -0.15) is 0 Å². The zero-order chi connectivity index (χ0) is 12.2. The molecule has 0 bridgehead atoms. The molecule has 3 radical (unpaired) electrons. The van der Waals surface area contributed by atoms with E-state index in [2.05, 4.69) is 23.1 Å². The van der Waals surface area contributed by atoms with Gasteiger partial charge >= 0.3 is 0 Å². The molecule has 0 aromatic heterocycles. The third kappa shape index (κ3) is 2.67. The predicted molar refractivity (Wildman–Crippen MR) is 65.8 cm³/mol. The van der Waals surface area contributed by atoms with Gasteiger partial charge in [-0.25, -0.2) is 0 Å². The molecule has 0 amide bonds. The fraction of sp³-hybridized carbons (Fsp3) is 0.455. The summed E-state index contributed by atoms with van der Waals surface area (Å²) in [4.78, 5) is 0.812. The zero-order valence-corrected chi connectivity index (χ0v) is 11.5. The molecule has 87 valence electrons. The van der Waals surface area contributed by atoms with Gasteiger partial charge in [-0.3, -0.25) is 0 Å². The minimum Gasteiger partial charge on any atom is -0.413 e. The van der Waals surface area contributed by atoms with E-state index in [-0.39, 0.29) is 6.61 Å². The minimum absolute atomic E-state index is 0.230. The fourth-order valence-corrected chi connectivity index (χ4v) is 2.20. The van der Waals surface area contributed by atoms with Crippen molar-refractivity contribution in [2.24, 2.45) is 0 Å². The van der Waals surface area contributed by atoms with E-state index in [4.69, 9.17) is 13.9 Å². The Morgan fingerprint density at radius 1 is 1.31 bits per heavy atom. The number of hydrogen-bond donors (Lipinski definition) is 1. The van der Waals surface area contributed by atoms with Crippen molar-refractivity contribution >= 4 is 23.1 Å². The van der Waals surface area contributed by atoms with E-state index in [0.717, 1.165) is 16.0 Å². The third-order valence-corrected chi connectivity index (χ3v) is 3.00. The number of hydrogen-bond acceptors (Lipinski definition) is 4. The van der Waals surface area contributed by atoms with Crippen molar-refractivity contribution in [3.8, 4) is 0 Å². The maximum atomic E-state index is 5.41. The van der Waals surface area contributed by atoms with Gasteiger partial charge in [0, 0.05) is 24.7 Å². The van der Waals surface area contributed by atoms with Crippen LogP contribution in [0.3, 0.4) is 0 Å². The highest BCUT2D eigenvalue weighted by molar-refractivity contribution is 7.80. The molecule has 0 aliphatic rings. The standard InChI is InChI=1S/C11H15O3SSi/c1-8-4-5-9(10(15)6-8)11(12-2,13-3)7-14-16/h4-6,15H,7H2,1-3H3. The predicted octanol–water partition coefficient (Wildman–Crippen LogP) is 1.83. The monoisotopic (exact) mass is 255 g/mol. The van der Waals surface area contributed by atoms with E-state index in [1.807, 2.05) is 25.1 Å². The molecule has 0 aliphatic heterocycles. The highest BCUT2D eigenvalue weighted by Gasteiger charge is 2.33. The van der Waals surface area contributed by atoms with Crippen LogP contribution in [-0.2, 0) is 19.7 Å². The van der Waals surface area contributed by atoms with Crippen LogP contribution >= 0.6 is 12.6 Å². The van der Waals surface area contributed by atoms with Gasteiger partial charge in [0.15, 0.2) is 0 Å². The maximum absolute atomic E-state index is 5.41. The summed E-state index contributed by atoms with van der Waals surface area (Å²) in [5.41, 5.74) is 1.97. The SMILES string of the molecule is COC(CO[Si])(OC)c1ccc(C)cc1S. The van der Waals surface area contributed by atoms with Crippen LogP contribution < -0.4 is 0 Å². The molecule has 1 aromatic rings. The molecule has 1 aromatic carbocycles. The van der Waals surface area contributed by atoms with Gasteiger partial charge in [-0.1, -0.05) is 17.7 Å². The van der Waals surface area contributed by atoms with Crippen molar-refractivity contribution in [1.29, 1.82) is 0 Å². The number of ether oxygens (including phenoxy) is 2. The molecule has 16 heavy (non-hydrogen) atoms. The molecule has 0 aliphatic carbocycles. The molecule has 0 spiro atoms. The zero-order valence-electron chi connectivity index (χ0n) is 9.61. The van der Waals surface area contributed by atoms with E-state index in [1.165, 1.54) is 0 Å². The molecule has 0 unspecified atom stereocenters. The average Bonchev–Trinajstić information content (AvgIpc) is 2.27. The largest absolute Gasteiger partial charge is 0.413 e. The Bertz CT molecular complexity index is 353. The highest BCUT2D eigenvalue weighted by atomic mass is 32.1. The first kappa shape index (κ1) is 13.7. The van der Waals surface area contributed by atoms with Gasteiger partial charge in [-0.05, 0) is 13.0 Å². The second-order valence-electron chi connectivity index (χ2n) is 3.47. The first-order valence-electron chi connectivity index (χ1n) is 4.78. The lowest BCUT2D eigenvalue weighted by molar-refractivity contribution is -0.232. The summed E-state index contributed by atoms with van der Waals surface area (Å²) < 4.78 is 15.8. The smallest absolute Gasteiger partial charge is 0.246 e.